The molecule has 0 aliphatic heterocycles. The topological polar surface area (TPSA) is 85.6 Å². The number of rotatable bonds is 6. The van der Waals surface area contributed by atoms with E-state index in [1.54, 1.807) is 49.4 Å². The lowest BCUT2D eigenvalue weighted by molar-refractivity contribution is -0.124. The Hall–Kier alpha value is -4.26. The third-order valence-electron chi connectivity index (χ3n) is 5.17. The fourth-order valence-electron chi connectivity index (χ4n) is 3.43. The molecule has 4 rings (SSSR count). The van der Waals surface area contributed by atoms with Gasteiger partial charge in [-0.2, -0.15) is 0 Å². The number of esters is 1. The summed E-state index contributed by atoms with van der Waals surface area (Å²) in [6.07, 6.45) is 0. The summed E-state index contributed by atoms with van der Waals surface area (Å²) in [6.45, 7) is 1.07. The monoisotopic (exact) mass is 445 g/mol. The summed E-state index contributed by atoms with van der Waals surface area (Å²) in [5.41, 5.74) is 1.30. The number of carbonyl (C=O) groups is 2. The zero-order chi connectivity index (χ0) is 23.4. The van der Waals surface area contributed by atoms with E-state index >= 15 is 0 Å². The maximum atomic E-state index is 13.7. The van der Waals surface area contributed by atoms with Crippen LogP contribution in [0, 0.1) is 12.7 Å². The van der Waals surface area contributed by atoms with Crippen LogP contribution in [0.5, 0.6) is 0 Å². The minimum atomic E-state index is -0.812. The van der Waals surface area contributed by atoms with Crippen molar-refractivity contribution in [2.75, 3.05) is 6.61 Å². The van der Waals surface area contributed by atoms with Gasteiger partial charge in [0.25, 0.3) is 5.91 Å². The minimum Gasteiger partial charge on any atom is -0.455 e. The number of amides is 1. The number of para-hydroxylation sites is 1. The Morgan fingerprint density at radius 3 is 2.45 bits per heavy atom. The van der Waals surface area contributed by atoms with Crippen molar-refractivity contribution in [3.8, 4) is 11.3 Å². The van der Waals surface area contributed by atoms with E-state index in [9.17, 15) is 18.8 Å². The Labute approximate surface area is 188 Å². The molecule has 0 saturated carbocycles. The molecule has 1 amide bonds. The highest BCUT2D eigenvalue weighted by Crippen LogP contribution is 2.27. The molecule has 1 heterocycles. The van der Waals surface area contributed by atoms with Crippen LogP contribution in [0.4, 0.5) is 4.39 Å². The summed E-state index contributed by atoms with van der Waals surface area (Å²) in [7, 11) is 0. The van der Waals surface area contributed by atoms with Crippen molar-refractivity contribution in [3.05, 3.63) is 106 Å². The number of carbonyl (C=O) groups excluding carboxylic acids is 2. The summed E-state index contributed by atoms with van der Waals surface area (Å²) < 4.78 is 24.8. The molecular weight excluding hydrogens is 425 g/mol. The number of fused-ring (bicyclic) bond motifs is 1. The Bertz CT molecular complexity index is 1400. The van der Waals surface area contributed by atoms with Crippen molar-refractivity contribution in [1.82, 2.24) is 5.32 Å². The lowest BCUT2D eigenvalue weighted by atomic mass is 10.0. The molecule has 0 unspecified atom stereocenters. The van der Waals surface area contributed by atoms with Gasteiger partial charge in [-0.3, -0.25) is 9.59 Å². The maximum absolute atomic E-state index is 13.7. The highest BCUT2D eigenvalue weighted by atomic mass is 19.1. The Balaban J connectivity index is 1.54. The number of halogens is 1. The van der Waals surface area contributed by atoms with E-state index in [0.717, 1.165) is 0 Å². The quantitative estimate of drug-likeness (QED) is 0.445. The average molecular weight is 445 g/mol. The molecule has 0 aliphatic carbocycles. The van der Waals surface area contributed by atoms with Crippen LogP contribution in [0.2, 0.25) is 0 Å². The molecule has 7 heteroatoms. The smallest absolute Gasteiger partial charge is 0.342 e. The van der Waals surface area contributed by atoms with E-state index < -0.39 is 24.3 Å². The fraction of sp³-hybridized carbons (Fsp3) is 0.115. The normalized spacial score (nSPS) is 10.7. The fourth-order valence-corrected chi connectivity index (χ4v) is 3.43. The van der Waals surface area contributed by atoms with E-state index in [-0.39, 0.29) is 28.5 Å². The van der Waals surface area contributed by atoms with Crippen LogP contribution in [0.3, 0.4) is 0 Å². The van der Waals surface area contributed by atoms with Crippen molar-refractivity contribution in [2.24, 2.45) is 0 Å². The molecule has 33 heavy (non-hydrogen) atoms. The SMILES string of the molecule is Cc1c(-c2ccccc2)oc2c(C(=O)OCC(=O)NCc3ccccc3F)cccc2c1=O. The van der Waals surface area contributed by atoms with Gasteiger partial charge in [0, 0.05) is 23.2 Å². The zero-order valence-electron chi connectivity index (χ0n) is 17.8. The Morgan fingerprint density at radius 2 is 1.70 bits per heavy atom. The number of nitrogens with one attached hydrogen (secondary N) is 1. The molecular formula is C26H20FNO5. The van der Waals surface area contributed by atoms with E-state index in [0.29, 0.717) is 22.5 Å². The lowest BCUT2D eigenvalue weighted by Gasteiger charge is -2.11. The van der Waals surface area contributed by atoms with Crippen LogP contribution in [0.1, 0.15) is 21.5 Å². The van der Waals surface area contributed by atoms with Crippen molar-refractivity contribution < 1.29 is 23.1 Å². The lowest BCUT2D eigenvalue weighted by Crippen LogP contribution is -2.28. The van der Waals surface area contributed by atoms with Gasteiger partial charge in [-0.25, -0.2) is 9.18 Å². The van der Waals surface area contributed by atoms with Gasteiger partial charge in [0.1, 0.15) is 17.1 Å². The standard InChI is InChI=1S/C26H20FNO5/c1-16-23(30)19-11-7-12-20(25(19)33-24(16)17-8-3-2-4-9-17)26(31)32-15-22(29)28-14-18-10-5-6-13-21(18)27/h2-13H,14-15H2,1H3,(H,28,29). The first kappa shape index (κ1) is 22.0. The van der Waals surface area contributed by atoms with Gasteiger partial charge in [0.2, 0.25) is 0 Å². The molecule has 166 valence electrons. The average Bonchev–Trinajstić information content (AvgIpc) is 2.84. The highest BCUT2D eigenvalue weighted by Gasteiger charge is 2.20. The van der Waals surface area contributed by atoms with E-state index in [1.807, 2.05) is 18.2 Å². The van der Waals surface area contributed by atoms with E-state index in [4.69, 9.17) is 9.15 Å². The summed E-state index contributed by atoms with van der Waals surface area (Å²) >= 11 is 0. The summed E-state index contributed by atoms with van der Waals surface area (Å²) in [6, 6.07) is 19.7. The van der Waals surface area contributed by atoms with Crippen LogP contribution in [0.25, 0.3) is 22.3 Å². The molecule has 4 aromatic rings. The minimum absolute atomic E-state index is 0.0312. The third-order valence-corrected chi connectivity index (χ3v) is 5.17. The zero-order valence-corrected chi connectivity index (χ0v) is 17.8. The summed E-state index contributed by atoms with van der Waals surface area (Å²) in [5, 5.41) is 2.74. The second-order valence-corrected chi connectivity index (χ2v) is 7.38. The van der Waals surface area contributed by atoms with Crippen LogP contribution in [-0.2, 0) is 16.1 Å². The first-order chi connectivity index (χ1) is 16.0. The van der Waals surface area contributed by atoms with Gasteiger partial charge >= 0.3 is 5.97 Å². The number of hydrogen-bond acceptors (Lipinski definition) is 5. The van der Waals surface area contributed by atoms with Gasteiger partial charge in [-0.15, -0.1) is 0 Å². The van der Waals surface area contributed by atoms with Crippen LogP contribution < -0.4 is 10.7 Å². The number of benzene rings is 3. The van der Waals surface area contributed by atoms with Crippen LogP contribution in [-0.4, -0.2) is 18.5 Å². The summed E-state index contributed by atoms with van der Waals surface area (Å²) in [5.74, 6) is -1.48. The van der Waals surface area contributed by atoms with Crippen molar-refractivity contribution >= 4 is 22.8 Å². The van der Waals surface area contributed by atoms with Gasteiger partial charge < -0.3 is 14.5 Å². The molecule has 0 spiro atoms. The molecule has 1 aromatic heterocycles. The third kappa shape index (κ3) is 4.67. The van der Waals surface area contributed by atoms with Crippen molar-refractivity contribution in [1.29, 1.82) is 0 Å². The first-order valence-electron chi connectivity index (χ1n) is 10.2. The van der Waals surface area contributed by atoms with Gasteiger partial charge in [-0.1, -0.05) is 54.6 Å². The van der Waals surface area contributed by atoms with Crippen molar-refractivity contribution in [3.63, 3.8) is 0 Å². The second-order valence-electron chi connectivity index (χ2n) is 7.38. The van der Waals surface area contributed by atoms with Gasteiger partial charge in [0.05, 0.1) is 5.39 Å². The Kier molecular flexibility index (Phi) is 6.31. The molecule has 3 aromatic carbocycles. The molecule has 6 nitrogen and oxygen atoms in total. The molecule has 0 radical (unpaired) electrons. The van der Waals surface area contributed by atoms with E-state index in [1.165, 1.54) is 12.1 Å². The van der Waals surface area contributed by atoms with Crippen LogP contribution >= 0.6 is 0 Å². The number of ether oxygens (including phenoxy) is 1. The highest BCUT2D eigenvalue weighted by molar-refractivity contribution is 6.02. The second kappa shape index (κ2) is 9.48. The summed E-state index contributed by atoms with van der Waals surface area (Å²) in [4.78, 5) is 37.7. The van der Waals surface area contributed by atoms with Crippen LogP contribution in [0.15, 0.2) is 82.0 Å². The largest absolute Gasteiger partial charge is 0.455 e. The molecule has 0 fully saturated rings. The molecule has 0 saturated heterocycles. The molecule has 0 aliphatic rings. The van der Waals surface area contributed by atoms with Gasteiger partial charge in [-0.05, 0) is 25.1 Å². The predicted molar refractivity (Wildman–Crippen MR) is 121 cm³/mol. The predicted octanol–water partition coefficient (Wildman–Crippen LogP) is 4.38. The molecule has 0 bridgehead atoms. The number of hydrogen-bond donors (Lipinski definition) is 1. The molecule has 1 N–H and O–H groups in total. The maximum Gasteiger partial charge on any atom is 0.342 e. The molecule has 0 atom stereocenters. The van der Waals surface area contributed by atoms with E-state index in [2.05, 4.69) is 5.32 Å². The Morgan fingerprint density at radius 1 is 0.970 bits per heavy atom. The van der Waals surface area contributed by atoms with Crippen molar-refractivity contribution in [2.45, 2.75) is 13.5 Å². The van der Waals surface area contributed by atoms with Gasteiger partial charge in [0.15, 0.2) is 17.6 Å². The first-order valence-corrected chi connectivity index (χ1v) is 10.2.